The highest BCUT2D eigenvalue weighted by atomic mass is 16.6. The van der Waals surface area contributed by atoms with Crippen LogP contribution in [0.5, 0.6) is 5.75 Å². The summed E-state index contributed by atoms with van der Waals surface area (Å²) in [5.74, 6) is 0.530. The van der Waals surface area contributed by atoms with Gasteiger partial charge >= 0.3 is 0 Å². The molecule has 2 atom stereocenters. The maximum atomic E-state index is 10.6. The molecule has 0 fully saturated rings. The topological polar surface area (TPSA) is 84.6 Å². The Labute approximate surface area is 92.0 Å². The Kier molecular flexibility index (Phi) is 2.66. The molecule has 0 bridgehead atoms. The van der Waals surface area contributed by atoms with Crippen molar-refractivity contribution >= 4 is 11.4 Å². The molecule has 6 heteroatoms. The van der Waals surface area contributed by atoms with Gasteiger partial charge in [0.25, 0.3) is 5.69 Å². The molecular formula is C10H12N2O4. The molecular weight excluding hydrogens is 212 g/mol. The summed E-state index contributed by atoms with van der Waals surface area (Å²) in [5.41, 5.74) is 0.607. The van der Waals surface area contributed by atoms with Crippen molar-refractivity contribution in [3.05, 3.63) is 28.3 Å². The molecule has 0 aliphatic carbocycles. The smallest absolute Gasteiger partial charge is 0.271 e. The second-order valence-electron chi connectivity index (χ2n) is 3.71. The lowest BCUT2D eigenvalue weighted by Crippen LogP contribution is -2.41. The van der Waals surface area contributed by atoms with Crippen LogP contribution in [0, 0.1) is 10.1 Å². The van der Waals surface area contributed by atoms with E-state index in [1.165, 1.54) is 18.2 Å². The number of nitro benzene ring substituents is 1. The summed E-state index contributed by atoms with van der Waals surface area (Å²) in [7, 11) is 0. The molecule has 1 aliphatic heterocycles. The van der Waals surface area contributed by atoms with E-state index in [1.807, 2.05) is 6.92 Å². The van der Waals surface area contributed by atoms with Gasteiger partial charge in [-0.3, -0.25) is 10.1 Å². The number of ether oxygens (including phenoxy) is 1. The molecule has 0 saturated heterocycles. The monoisotopic (exact) mass is 224 g/mol. The van der Waals surface area contributed by atoms with Gasteiger partial charge in [-0.15, -0.1) is 0 Å². The molecule has 0 unspecified atom stereocenters. The summed E-state index contributed by atoms with van der Waals surface area (Å²) in [6.45, 7) is 1.76. The first kappa shape index (κ1) is 10.7. The van der Waals surface area contributed by atoms with E-state index in [0.717, 1.165) is 0 Å². The molecule has 1 heterocycles. The van der Waals surface area contributed by atoms with Crippen molar-refractivity contribution in [3.8, 4) is 5.75 Å². The average molecular weight is 224 g/mol. The number of rotatable bonds is 2. The van der Waals surface area contributed by atoms with Gasteiger partial charge in [-0.05, 0) is 13.0 Å². The van der Waals surface area contributed by atoms with Crippen LogP contribution in [0.15, 0.2) is 18.2 Å². The molecule has 6 nitrogen and oxygen atoms in total. The van der Waals surface area contributed by atoms with Crippen LogP contribution in [-0.2, 0) is 0 Å². The van der Waals surface area contributed by atoms with Gasteiger partial charge in [0, 0.05) is 12.1 Å². The Hall–Kier alpha value is -1.82. The van der Waals surface area contributed by atoms with Gasteiger partial charge in [0.2, 0.25) is 0 Å². The number of fused-ring (bicyclic) bond motifs is 1. The van der Waals surface area contributed by atoms with Crippen molar-refractivity contribution in [1.29, 1.82) is 0 Å². The third-order valence-corrected chi connectivity index (χ3v) is 2.57. The van der Waals surface area contributed by atoms with Gasteiger partial charge < -0.3 is 15.2 Å². The normalized spacial score (nSPS) is 22.9. The Morgan fingerprint density at radius 2 is 2.38 bits per heavy atom. The summed E-state index contributed by atoms with van der Waals surface area (Å²) in [6.07, 6.45) is -0.325. The van der Waals surface area contributed by atoms with Crippen LogP contribution >= 0.6 is 0 Å². The predicted octanol–water partition coefficient (Wildman–Crippen LogP) is 1.15. The molecule has 1 aromatic carbocycles. The van der Waals surface area contributed by atoms with Crippen LogP contribution in [0.3, 0.4) is 0 Å². The van der Waals surface area contributed by atoms with Crippen LogP contribution in [0.25, 0.3) is 0 Å². The summed E-state index contributed by atoms with van der Waals surface area (Å²) in [5, 5.41) is 22.7. The maximum absolute atomic E-state index is 10.6. The Morgan fingerprint density at radius 1 is 1.62 bits per heavy atom. The van der Waals surface area contributed by atoms with Gasteiger partial charge in [-0.2, -0.15) is 0 Å². The lowest BCUT2D eigenvalue weighted by atomic mass is 10.1. The highest BCUT2D eigenvalue weighted by molar-refractivity contribution is 5.63. The number of aliphatic hydroxyl groups is 1. The van der Waals surface area contributed by atoms with Crippen molar-refractivity contribution in [2.45, 2.75) is 19.1 Å². The van der Waals surface area contributed by atoms with E-state index in [0.29, 0.717) is 11.4 Å². The summed E-state index contributed by atoms with van der Waals surface area (Å²) >= 11 is 0. The molecule has 0 amide bonds. The van der Waals surface area contributed by atoms with Crippen LogP contribution in [0.1, 0.15) is 6.92 Å². The highest BCUT2D eigenvalue weighted by Gasteiger charge is 2.26. The van der Waals surface area contributed by atoms with Crippen LogP contribution in [0.2, 0.25) is 0 Å². The zero-order valence-electron chi connectivity index (χ0n) is 8.71. The van der Waals surface area contributed by atoms with Gasteiger partial charge in [0.15, 0.2) is 0 Å². The SMILES string of the molecule is C[C@@H]1Nc2cc([N+](=O)[O-])ccc2O[C@H]1CO. The fourth-order valence-corrected chi connectivity index (χ4v) is 1.65. The first-order valence-corrected chi connectivity index (χ1v) is 4.94. The first-order chi connectivity index (χ1) is 7.61. The standard InChI is InChI=1S/C10H12N2O4/c1-6-10(5-13)16-9-3-2-7(12(14)15)4-8(9)11-6/h2-4,6,10-11,13H,5H2,1H3/t6-,10-/m0/s1. The number of anilines is 1. The van der Waals surface area contributed by atoms with Crippen molar-refractivity contribution in [3.63, 3.8) is 0 Å². The minimum atomic E-state index is -0.454. The molecule has 1 aliphatic rings. The van der Waals surface area contributed by atoms with E-state index in [9.17, 15) is 10.1 Å². The second-order valence-corrected chi connectivity index (χ2v) is 3.71. The summed E-state index contributed by atoms with van der Waals surface area (Å²) in [4.78, 5) is 10.1. The number of hydrogen-bond donors (Lipinski definition) is 2. The van der Waals surface area contributed by atoms with E-state index in [-0.39, 0.29) is 24.4 Å². The molecule has 2 N–H and O–H groups in total. The minimum Gasteiger partial charge on any atom is -0.484 e. The Morgan fingerprint density at radius 3 is 3.00 bits per heavy atom. The Bertz CT molecular complexity index is 421. The van der Waals surface area contributed by atoms with Crippen LogP contribution in [0.4, 0.5) is 11.4 Å². The highest BCUT2D eigenvalue weighted by Crippen LogP contribution is 2.34. The molecule has 0 spiro atoms. The maximum Gasteiger partial charge on any atom is 0.271 e. The number of nitro groups is 1. The number of nitrogens with one attached hydrogen (secondary N) is 1. The molecule has 16 heavy (non-hydrogen) atoms. The van der Waals surface area contributed by atoms with Crippen molar-refractivity contribution in [2.24, 2.45) is 0 Å². The van der Waals surface area contributed by atoms with Gasteiger partial charge in [-0.1, -0.05) is 0 Å². The lowest BCUT2D eigenvalue weighted by molar-refractivity contribution is -0.384. The molecule has 0 aromatic heterocycles. The molecule has 2 rings (SSSR count). The second kappa shape index (κ2) is 3.97. The van der Waals surface area contributed by atoms with E-state index >= 15 is 0 Å². The number of nitrogens with zero attached hydrogens (tertiary/aromatic N) is 1. The third kappa shape index (κ3) is 1.79. The predicted molar refractivity (Wildman–Crippen MR) is 57.7 cm³/mol. The van der Waals surface area contributed by atoms with Crippen molar-refractivity contribution < 1.29 is 14.8 Å². The quantitative estimate of drug-likeness (QED) is 0.581. The number of hydrogen-bond acceptors (Lipinski definition) is 5. The van der Waals surface area contributed by atoms with E-state index in [2.05, 4.69) is 5.32 Å². The van der Waals surface area contributed by atoms with Gasteiger partial charge in [0.05, 0.1) is 23.3 Å². The van der Waals surface area contributed by atoms with Gasteiger partial charge in [0.1, 0.15) is 11.9 Å². The number of non-ortho nitro benzene ring substituents is 1. The number of benzene rings is 1. The van der Waals surface area contributed by atoms with Crippen LogP contribution < -0.4 is 10.1 Å². The first-order valence-electron chi connectivity index (χ1n) is 4.94. The van der Waals surface area contributed by atoms with Crippen LogP contribution in [-0.4, -0.2) is 28.8 Å². The Balaban J connectivity index is 2.32. The fraction of sp³-hybridized carbons (Fsp3) is 0.400. The molecule has 0 radical (unpaired) electrons. The van der Waals surface area contributed by atoms with E-state index in [1.54, 1.807) is 0 Å². The lowest BCUT2D eigenvalue weighted by Gasteiger charge is -2.31. The zero-order chi connectivity index (χ0) is 11.7. The largest absolute Gasteiger partial charge is 0.484 e. The third-order valence-electron chi connectivity index (χ3n) is 2.57. The molecule has 1 aromatic rings. The average Bonchev–Trinajstić information content (AvgIpc) is 2.27. The molecule has 0 saturated carbocycles. The van der Waals surface area contributed by atoms with Gasteiger partial charge in [-0.25, -0.2) is 0 Å². The fourth-order valence-electron chi connectivity index (χ4n) is 1.65. The summed E-state index contributed by atoms with van der Waals surface area (Å²) in [6, 6.07) is 4.26. The van der Waals surface area contributed by atoms with E-state index < -0.39 is 4.92 Å². The zero-order valence-corrected chi connectivity index (χ0v) is 8.71. The minimum absolute atomic E-state index is 0.0181. The van der Waals surface area contributed by atoms with Crippen molar-refractivity contribution in [2.75, 3.05) is 11.9 Å². The van der Waals surface area contributed by atoms with Crippen molar-refractivity contribution in [1.82, 2.24) is 0 Å². The molecule has 86 valence electrons. The number of aliphatic hydroxyl groups excluding tert-OH is 1. The summed E-state index contributed by atoms with van der Waals surface area (Å²) < 4.78 is 5.49. The van der Waals surface area contributed by atoms with E-state index in [4.69, 9.17) is 9.84 Å².